The van der Waals surface area contributed by atoms with Crippen LogP contribution in [0.5, 0.6) is 5.75 Å². The number of rotatable bonds is 3. The standard InChI is InChI=1S/C10H15NO/c1-3-4-9-6-5-8(2)7-10(9)12-11/h5-7H,3-4,11H2,1-2H3. The smallest absolute Gasteiger partial charge is 0.150 e. The van der Waals surface area contributed by atoms with E-state index in [0.29, 0.717) is 0 Å². The van der Waals surface area contributed by atoms with Crippen LogP contribution in [0.1, 0.15) is 24.5 Å². The number of aryl methyl sites for hydroxylation is 2. The topological polar surface area (TPSA) is 35.2 Å². The van der Waals surface area contributed by atoms with Crippen LogP contribution in [0.3, 0.4) is 0 Å². The van der Waals surface area contributed by atoms with Gasteiger partial charge in [0.2, 0.25) is 0 Å². The quantitative estimate of drug-likeness (QED) is 0.697. The Morgan fingerprint density at radius 3 is 2.75 bits per heavy atom. The van der Waals surface area contributed by atoms with Gasteiger partial charge in [-0.2, -0.15) is 5.90 Å². The summed E-state index contributed by atoms with van der Waals surface area (Å²) >= 11 is 0. The summed E-state index contributed by atoms with van der Waals surface area (Å²) in [5.74, 6) is 5.95. The molecule has 0 aliphatic heterocycles. The van der Waals surface area contributed by atoms with E-state index in [1.165, 1.54) is 11.1 Å². The lowest BCUT2D eigenvalue weighted by Gasteiger charge is -2.06. The molecule has 0 heterocycles. The molecule has 2 nitrogen and oxygen atoms in total. The molecule has 0 fully saturated rings. The van der Waals surface area contributed by atoms with Crippen LogP contribution in [0.25, 0.3) is 0 Å². The molecule has 0 amide bonds. The van der Waals surface area contributed by atoms with Crippen LogP contribution in [-0.2, 0) is 6.42 Å². The van der Waals surface area contributed by atoms with Gasteiger partial charge in [0.05, 0.1) is 0 Å². The Bertz CT molecular complexity index is 258. The molecular weight excluding hydrogens is 150 g/mol. The minimum Gasteiger partial charge on any atom is -0.411 e. The second kappa shape index (κ2) is 4.12. The second-order valence-corrected chi connectivity index (χ2v) is 2.98. The first kappa shape index (κ1) is 9.07. The van der Waals surface area contributed by atoms with Crippen molar-refractivity contribution in [1.29, 1.82) is 0 Å². The first-order valence-corrected chi connectivity index (χ1v) is 4.24. The average molecular weight is 165 g/mol. The molecule has 0 saturated heterocycles. The van der Waals surface area contributed by atoms with E-state index >= 15 is 0 Å². The number of nitrogens with two attached hydrogens (primary N) is 1. The van der Waals surface area contributed by atoms with Gasteiger partial charge in [-0.1, -0.05) is 25.5 Å². The highest BCUT2D eigenvalue weighted by Gasteiger charge is 2.01. The van der Waals surface area contributed by atoms with Crippen molar-refractivity contribution < 1.29 is 4.84 Å². The van der Waals surface area contributed by atoms with Crippen molar-refractivity contribution in [2.75, 3.05) is 0 Å². The predicted molar refractivity (Wildman–Crippen MR) is 50.0 cm³/mol. The van der Waals surface area contributed by atoms with Gasteiger partial charge in [0.15, 0.2) is 0 Å². The monoisotopic (exact) mass is 165 g/mol. The first-order chi connectivity index (χ1) is 5.77. The van der Waals surface area contributed by atoms with E-state index in [9.17, 15) is 0 Å². The Morgan fingerprint density at radius 1 is 1.42 bits per heavy atom. The Labute approximate surface area is 73.3 Å². The highest BCUT2D eigenvalue weighted by Crippen LogP contribution is 2.20. The zero-order valence-corrected chi connectivity index (χ0v) is 7.63. The fourth-order valence-electron chi connectivity index (χ4n) is 1.25. The summed E-state index contributed by atoms with van der Waals surface area (Å²) in [6.07, 6.45) is 2.13. The summed E-state index contributed by atoms with van der Waals surface area (Å²) in [5, 5.41) is 0. The van der Waals surface area contributed by atoms with Crippen molar-refractivity contribution in [3.05, 3.63) is 29.3 Å². The van der Waals surface area contributed by atoms with Gasteiger partial charge in [-0.25, -0.2) is 0 Å². The zero-order chi connectivity index (χ0) is 8.97. The molecule has 2 heteroatoms. The van der Waals surface area contributed by atoms with Gasteiger partial charge in [0, 0.05) is 0 Å². The van der Waals surface area contributed by atoms with E-state index in [4.69, 9.17) is 10.7 Å². The Balaban J connectivity index is 2.94. The van der Waals surface area contributed by atoms with E-state index in [2.05, 4.69) is 19.1 Å². The molecule has 12 heavy (non-hydrogen) atoms. The molecule has 0 saturated carbocycles. The average Bonchev–Trinajstić information content (AvgIpc) is 2.08. The summed E-state index contributed by atoms with van der Waals surface area (Å²) < 4.78 is 0. The molecule has 0 spiro atoms. The predicted octanol–water partition coefficient (Wildman–Crippen LogP) is 2.20. The Kier molecular flexibility index (Phi) is 3.11. The van der Waals surface area contributed by atoms with Crippen molar-refractivity contribution in [2.24, 2.45) is 5.90 Å². The minimum atomic E-state index is 0.803. The van der Waals surface area contributed by atoms with Crippen LogP contribution < -0.4 is 10.7 Å². The van der Waals surface area contributed by atoms with Crippen LogP contribution in [0.15, 0.2) is 18.2 Å². The summed E-state index contributed by atoms with van der Waals surface area (Å²) in [4.78, 5) is 4.78. The molecule has 66 valence electrons. The molecule has 0 aliphatic carbocycles. The third-order valence-corrected chi connectivity index (χ3v) is 1.87. The lowest BCUT2D eigenvalue weighted by Crippen LogP contribution is -2.04. The lowest BCUT2D eigenvalue weighted by molar-refractivity contribution is 0.330. The SMILES string of the molecule is CCCc1ccc(C)cc1ON. The molecular formula is C10H15NO. The molecule has 2 N–H and O–H groups in total. The maximum absolute atomic E-state index is 5.15. The van der Waals surface area contributed by atoms with Crippen molar-refractivity contribution in [3.63, 3.8) is 0 Å². The maximum Gasteiger partial charge on any atom is 0.150 e. The normalized spacial score (nSPS) is 9.92. The summed E-state index contributed by atoms with van der Waals surface area (Å²) in [7, 11) is 0. The van der Waals surface area contributed by atoms with Gasteiger partial charge in [0.25, 0.3) is 0 Å². The van der Waals surface area contributed by atoms with Gasteiger partial charge in [-0.05, 0) is 30.5 Å². The first-order valence-electron chi connectivity index (χ1n) is 4.24. The van der Waals surface area contributed by atoms with Crippen LogP contribution in [-0.4, -0.2) is 0 Å². The minimum absolute atomic E-state index is 0.803. The zero-order valence-electron chi connectivity index (χ0n) is 7.63. The molecule has 0 aromatic heterocycles. The van der Waals surface area contributed by atoms with E-state index in [1.54, 1.807) is 0 Å². The maximum atomic E-state index is 5.15. The molecule has 0 aliphatic rings. The molecule has 1 rings (SSSR count). The van der Waals surface area contributed by atoms with Gasteiger partial charge in [-0.15, -0.1) is 0 Å². The van der Waals surface area contributed by atoms with Crippen LogP contribution in [0.2, 0.25) is 0 Å². The van der Waals surface area contributed by atoms with Crippen molar-refractivity contribution in [3.8, 4) is 5.75 Å². The largest absolute Gasteiger partial charge is 0.411 e. The molecule has 0 unspecified atom stereocenters. The van der Waals surface area contributed by atoms with Gasteiger partial charge >= 0.3 is 0 Å². The van der Waals surface area contributed by atoms with E-state index in [0.717, 1.165) is 18.6 Å². The van der Waals surface area contributed by atoms with Gasteiger partial charge in [-0.3, -0.25) is 0 Å². The third-order valence-electron chi connectivity index (χ3n) is 1.87. The van der Waals surface area contributed by atoms with E-state index in [1.807, 2.05) is 13.0 Å². The van der Waals surface area contributed by atoms with E-state index in [-0.39, 0.29) is 0 Å². The summed E-state index contributed by atoms with van der Waals surface area (Å²) in [5.41, 5.74) is 2.36. The van der Waals surface area contributed by atoms with Crippen molar-refractivity contribution >= 4 is 0 Å². The van der Waals surface area contributed by atoms with E-state index < -0.39 is 0 Å². The highest BCUT2D eigenvalue weighted by molar-refractivity contribution is 5.36. The molecule has 0 atom stereocenters. The number of benzene rings is 1. The van der Waals surface area contributed by atoms with Crippen molar-refractivity contribution in [1.82, 2.24) is 0 Å². The van der Waals surface area contributed by atoms with Gasteiger partial charge < -0.3 is 4.84 Å². The van der Waals surface area contributed by atoms with Crippen LogP contribution in [0.4, 0.5) is 0 Å². The Morgan fingerprint density at radius 2 is 2.17 bits per heavy atom. The Hall–Kier alpha value is -1.02. The number of hydrogen-bond donors (Lipinski definition) is 1. The van der Waals surface area contributed by atoms with Gasteiger partial charge in [0.1, 0.15) is 5.75 Å². The molecule has 0 bridgehead atoms. The fourth-order valence-corrected chi connectivity index (χ4v) is 1.25. The summed E-state index contributed by atoms with van der Waals surface area (Å²) in [6.45, 7) is 4.17. The third kappa shape index (κ3) is 1.98. The fraction of sp³-hybridized carbons (Fsp3) is 0.400. The van der Waals surface area contributed by atoms with Crippen LogP contribution in [0, 0.1) is 6.92 Å². The lowest BCUT2D eigenvalue weighted by atomic mass is 10.1. The molecule has 1 aromatic rings. The molecule has 1 aromatic carbocycles. The van der Waals surface area contributed by atoms with Crippen LogP contribution >= 0.6 is 0 Å². The van der Waals surface area contributed by atoms with Crippen molar-refractivity contribution in [2.45, 2.75) is 26.7 Å². The number of hydrogen-bond acceptors (Lipinski definition) is 2. The molecule has 0 radical (unpaired) electrons. The summed E-state index contributed by atoms with van der Waals surface area (Å²) in [6, 6.07) is 6.11. The highest BCUT2D eigenvalue weighted by atomic mass is 16.6. The second-order valence-electron chi connectivity index (χ2n) is 2.98.